The Kier molecular flexibility index (Phi) is 7.98. The molecule has 176 valence electrons. The van der Waals surface area contributed by atoms with Crippen molar-refractivity contribution in [3.8, 4) is 11.5 Å². The Labute approximate surface area is 207 Å². The number of amides is 1. The van der Waals surface area contributed by atoms with Gasteiger partial charge in [0.1, 0.15) is 13.2 Å². The number of fused-ring (bicyclic) bond motifs is 2. The van der Waals surface area contributed by atoms with Gasteiger partial charge >= 0.3 is 0 Å². The molecule has 0 bridgehead atoms. The Balaban J connectivity index is 0.00000259. The highest BCUT2D eigenvalue weighted by Crippen LogP contribution is 2.36. The van der Waals surface area contributed by atoms with Crippen LogP contribution in [0.4, 0.5) is 5.13 Å². The van der Waals surface area contributed by atoms with E-state index in [4.69, 9.17) is 19.2 Å². The van der Waals surface area contributed by atoms with Crippen molar-refractivity contribution >= 4 is 56.8 Å². The molecular formula is C23H26ClN3O4S2. The third-order valence-corrected chi connectivity index (χ3v) is 7.41. The maximum Gasteiger partial charge on any atom is 0.260 e. The quantitative estimate of drug-likeness (QED) is 0.463. The number of thioether (sulfide) groups is 1. The topological polar surface area (TPSA) is 64.1 Å². The van der Waals surface area contributed by atoms with Crippen LogP contribution in [-0.4, -0.2) is 74.7 Å². The Morgan fingerprint density at radius 2 is 1.91 bits per heavy atom. The summed E-state index contributed by atoms with van der Waals surface area (Å²) in [6, 6.07) is 11.6. The highest BCUT2D eigenvalue weighted by atomic mass is 35.5. The second kappa shape index (κ2) is 10.9. The normalized spacial score (nSPS) is 15.8. The fourth-order valence-electron chi connectivity index (χ4n) is 3.87. The molecule has 0 saturated carbocycles. The van der Waals surface area contributed by atoms with Gasteiger partial charge in [0.2, 0.25) is 0 Å². The third kappa shape index (κ3) is 5.22. The van der Waals surface area contributed by atoms with E-state index in [9.17, 15) is 4.79 Å². The largest absolute Gasteiger partial charge is 0.486 e. The van der Waals surface area contributed by atoms with E-state index in [0.717, 1.165) is 53.1 Å². The minimum absolute atomic E-state index is 0. The van der Waals surface area contributed by atoms with Crippen molar-refractivity contribution in [1.82, 2.24) is 9.88 Å². The van der Waals surface area contributed by atoms with Gasteiger partial charge in [-0.1, -0.05) is 17.4 Å². The standard InChI is InChI=1S/C23H25N3O4S2.ClH/c1-31-19-3-2-4-20-21(19)24-23(32-20)26(8-7-25-9-11-28-12-10-25)22(27)16-5-6-17-18(15-16)30-14-13-29-17;/h2-6,15H,7-14H2,1H3;1H. The van der Waals surface area contributed by atoms with E-state index in [1.165, 1.54) is 0 Å². The fraction of sp³-hybridized carbons (Fsp3) is 0.391. The summed E-state index contributed by atoms with van der Waals surface area (Å²) < 4.78 is 17.9. The van der Waals surface area contributed by atoms with Gasteiger partial charge in [0.15, 0.2) is 16.6 Å². The van der Waals surface area contributed by atoms with Crippen molar-refractivity contribution in [2.24, 2.45) is 0 Å². The summed E-state index contributed by atoms with van der Waals surface area (Å²) in [6.45, 7) is 5.55. The lowest BCUT2D eigenvalue weighted by molar-refractivity contribution is 0.0391. The molecule has 0 radical (unpaired) electrons. The van der Waals surface area contributed by atoms with Crippen LogP contribution < -0.4 is 14.4 Å². The second-order valence-electron chi connectivity index (χ2n) is 7.57. The molecule has 0 atom stereocenters. The van der Waals surface area contributed by atoms with Crippen molar-refractivity contribution < 1.29 is 19.0 Å². The number of nitrogens with zero attached hydrogens (tertiary/aromatic N) is 3. The minimum atomic E-state index is -0.0833. The first-order valence-electron chi connectivity index (χ1n) is 10.7. The number of thiazole rings is 1. The molecule has 1 saturated heterocycles. The number of benzene rings is 2. The van der Waals surface area contributed by atoms with E-state index in [1.54, 1.807) is 40.1 Å². The molecule has 0 N–H and O–H groups in total. The maximum atomic E-state index is 13.7. The first-order chi connectivity index (χ1) is 15.7. The lowest BCUT2D eigenvalue weighted by atomic mass is 10.1. The second-order valence-corrected chi connectivity index (χ2v) is 9.43. The molecule has 0 spiro atoms. The molecule has 7 nitrogen and oxygen atoms in total. The summed E-state index contributed by atoms with van der Waals surface area (Å²) in [7, 11) is 0. The summed E-state index contributed by atoms with van der Waals surface area (Å²) in [6.07, 6.45) is 2.05. The van der Waals surface area contributed by atoms with Gasteiger partial charge in [-0.25, -0.2) is 4.98 Å². The SMILES string of the molecule is CSc1cccc2sc(N(CCN3CCOCC3)C(=O)c3ccc4c(c3)OCCO4)nc12.Cl. The third-order valence-electron chi connectivity index (χ3n) is 5.60. The summed E-state index contributed by atoms with van der Waals surface area (Å²) in [5, 5.41) is 0.717. The van der Waals surface area contributed by atoms with Gasteiger partial charge in [-0.15, -0.1) is 24.2 Å². The van der Waals surface area contributed by atoms with Crippen molar-refractivity contribution in [3.63, 3.8) is 0 Å². The maximum absolute atomic E-state index is 13.7. The molecule has 33 heavy (non-hydrogen) atoms. The average molecular weight is 508 g/mol. The Hall–Kier alpha value is -2.04. The van der Waals surface area contributed by atoms with Crippen molar-refractivity contribution in [2.75, 3.05) is 63.8 Å². The van der Waals surface area contributed by atoms with Crippen molar-refractivity contribution in [1.29, 1.82) is 0 Å². The molecule has 3 aromatic rings. The first kappa shape index (κ1) is 24.1. The van der Waals surface area contributed by atoms with Crippen LogP contribution in [0.2, 0.25) is 0 Å². The fourth-order valence-corrected chi connectivity index (χ4v) is 5.52. The lowest BCUT2D eigenvalue weighted by Gasteiger charge is -2.29. The van der Waals surface area contributed by atoms with Gasteiger partial charge < -0.3 is 14.2 Å². The molecule has 0 unspecified atom stereocenters. The molecule has 1 aromatic heterocycles. The molecular weight excluding hydrogens is 482 g/mol. The summed E-state index contributed by atoms with van der Waals surface area (Å²) in [5.41, 5.74) is 1.52. The van der Waals surface area contributed by atoms with E-state index < -0.39 is 0 Å². The number of aromatic nitrogens is 1. The number of para-hydroxylation sites is 1. The Morgan fingerprint density at radius 1 is 1.12 bits per heavy atom. The molecule has 5 rings (SSSR count). The Morgan fingerprint density at radius 3 is 2.70 bits per heavy atom. The number of rotatable bonds is 6. The number of morpholine rings is 1. The van der Waals surface area contributed by atoms with Crippen molar-refractivity contribution in [2.45, 2.75) is 4.90 Å². The van der Waals surface area contributed by atoms with Crippen LogP contribution in [0.1, 0.15) is 10.4 Å². The van der Waals surface area contributed by atoms with Crippen LogP contribution >= 0.6 is 35.5 Å². The Bertz CT molecular complexity index is 1120. The van der Waals surface area contributed by atoms with Crippen LogP contribution in [0.15, 0.2) is 41.3 Å². The van der Waals surface area contributed by atoms with Crippen LogP contribution in [-0.2, 0) is 4.74 Å². The average Bonchev–Trinajstić information content (AvgIpc) is 3.28. The molecule has 2 aliphatic rings. The zero-order chi connectivity index (χ0) is 21.9. The monoisotopic (exact) mass is 507 g/mol. The first-order valence-corrected chi connectivity index (χ1v) is 12.7. The van der Waals surface area contributed by atoms with Crippen molar-refractivity contribution in [3.05, 3.63) is 42.0 Å². The molecule has 1 fully saturated rings. The molecule has 0 aliphatic carbocycles. The van der Waals surface area contributed by atoms with E-state index in [2.05, 4.69) is 17.0 Å². The van der Waals surface area contributed by atoms with Crippen LogP contribution in [0.3, 0.4) is 0 Å². The minimum Gasteiger partial charge on any atom is -0.486 e. The number of hydrogen-bond acceptors (Lipinski definition) is 8. The van der Waals surface area contributed by atoms with Gasteiger partial charge in [0, 0.05) is 36.6 Å². The summed E-state index contributed by atoms with van der Waals surface area (Å²) in [5.74, 6) is 1.21. The van der Waals surface area contributed by atoms with E-state index >= 15 is 0 Å². The molecule has 1 amide bonds. The molecule has 10 heteroatoms. The number of ether oxygens (including phenoxy) is 3. The number of halogens is 1. The summed E-state index contributed by atoms with van der Waals surface area (Å²) in [4.78, 5) is 23.8. The van der Waals surface area contributed by atoms with Gasteiger partial charge in [-0.3, -0.25) is 14.6 Å². The highest BCUT2D eigenvalue weighted by Gasteiger charge is 2.25. The number of carbonyl (C=O) groups is 1. The zero-order valence-electron chi connectivity index (χ0n) is 18.3. The van der Waals surface area contributed by atoms with Gasteiger partial charge in [-0.2, -0.15) is 0 Å². The van der Waals surface area contributed by atoms with E-state index in [1.807, 2.05) is 18.4 Å². The van der Waals surface area contributed by atoms with Gasteiger partial charge in [0.25, 0.3) is 5.91 Å². The number of carbonyl (C=O) groups excluding carboxylic acids is 1. The van der Waals surface area contributed by atoms with Crippen LogP contribution in [0.5, 0.6) is 11.5 Å². The van der Waals surface area contributed by atoms with Crippen LogP contribution in [0.25, 0.3) is 10.2 Å². The number of anilines is 1. The van der Waals surface area contributed by atoms with Crippen LogP contribution in [0, 0.1) is 0 Å². The van der Waals surface area contributed by atoms with Gasteiger partial charge in [-0.05, 0) is 36.6 Å². The van der Waals surface area contributed by atoms with Gasteiger partial charge in [0.05, 0.1) is 23.4 Å². The smallest absolute Gasteiger partial charge is 0.260 e. The molecule has 2 aliphatic heterocycles. The highest BCUT2D eigenvalue weighted by molar-refractivity contribution is 7.98. The number of hydrogen-bond donors (Lipinski definition) is 0. The molecule has 2 aromatic carbocycles. The lowest BCUT2D eigenvalue weighted by Crippen LogP contribution is -2.43. The van der Waals surface area contributed by atoms with E-state index in [0.29, 0.717) is 36.8 Å². The predicted octanol–water partition coefficient (Wildman–Crippen LogP) is 4.19. The summed E-state index contributed by atoms with van der Waals surface area (Å²) >= 11 is 3.22. The zero-order valence-corrected chi connectivity index (χ0v) is 20.8. The van der Waals surface area contributed by atoms with E-state index in [-0.39, 0.29) is 18.3 Å². The molecule has 3 heterocycles. The predicted molar refractivity (Wildman–Crippen MR) is 135 cm³/mol.